The number of hydrogen-bond donors (Lipinski definition) is 1. The molecule has 1 heterocycles. The Morgan fingerprint density at radius 2 is 1.93 bits per heavy atom. The van der Waals surface area contributed by atoms with Crippen LogP contribution in [0.2, 0.25) is 0 Å². The number of benzene rings is 2. The van der Waals surface area contributed by atoms with Crippen LogP contribution in [0.15, 0.2) is 48.5 Å². The van der Waals surface area contributed by atoms with Crippen LogP contribution in [0.4, 0.5) is 10.8 Å². The van der Waals surface area contributed by atoms with Crippen LogP contribution in [0, 0.1) is 17.0 Å². The summed E-state index contributed by atoms with van der Waals surface area (Å²) in [6.45, 7) is 3.54. The van der Waals surface area contributed by atoms with E-state index in [1.807, 2.05) is 30.3 Å². The zero-order chi connectivity index (χ0) is 21.0. The molecule has 3 aromatic rings. The van der Waals surface area contributed by atoms with Gasteiger partial charge in [-0.3, -0.25) is 20.2 Å². The largest absolute Gasteiger partial charge is 0.462 e. The first-order chi connectivity index (χ1) is 13.9. The summed E-state index contributed by atoms with van der Waals surface area (Å²) in [5, 5.41) is 13.8. The summed E-state index contributed by atoms with van der Waals surface area (Å²) in [5.41, 5.74) is 1.79. The van der Waals surface area contributed by atoms with Crippen LogP contribution >= 0.6 is 11.3 Å². The van der Waals surface area contributed by atoms with Crippen molar-refractivity contribution in [2.75, 3.05) is 11.9 Å². The summed E-state index contributed by atoms with van der Waals surface area (Å²) in [7, 11) is 0. The number of amides is 1. The van der Waals surface area contributed by atoms with Crippen LogP contribution in [0.5, 0.6) is 0 Å². The van der Waals surface area contributed by atoms with E-state index in [0.29, 0.717) is 11.3 Å². The SMILES string of the molecule is CCOC(=O)c1sc(NC(=O)c2ccc([N+](=O)[O-])cc2C)nc1-c1ccccc1. The van der Waals surface area contributed by atoms with Gasteiger partial charge in [0.15, 0.2) is 5.13 Å². The van der Waals surface area contributed by atoms with Crippen LogP contribution in [0.3, 0.4) is 0 Å². The van der Waals surface area contributed by atoms with Gasteiger partial charge in [0.1, 0.15) is 4.88 Å². The zero-order valence-corrected chi connectivity index (χ0v) is 16.5. The van der Waals surface area contributed by atoms with Gasteiger partial charge in [0.25, 0.3) is 11.6 Å². The number of rotatable bonds is 6. The van der Waals surface area contributed by atoms with E-state index in [2.05, 4.69) is 10.3 Å². The fourth-order valence-corrected chi connectivity index (χ4v) is 3.56. The lowest BCUT2D eigenvalue weighted by Gasteiger charge is -2.05. The molecule has 8 nitrogen and oxygen atoms in total. The molecule has 0 bridgehead atoms. The van der Waals surface area contributed by atoms with Gasteiger partial charge in [-0.15, -0.1) is 0 Å². The van der Waals surface area contributed by atoms with Gasteiger partial charge in [0, 0.05) is 23.3 Å². The highest BCUT2D eigenvalue weighted by molar-refractivity contribution is 7.18. The summed E-state index contributed by atoms with van der Waals surface area (Å²) in [5.74, 6) is -0.989. The monoisotopic (exact) mass is 411 g/mol. The second-order valence-electron chi connectivity index (χ2n) is 5.99. The lowest BCUT2D eigenvalue weighted by molar-refractivity contribution is -0.384. The molecule has 29 heavy (non-hydrogen) atoms. The number of aromatic nitrogens is 1. The number of esters is 1. The molecule has 0 radical (unpaired) electrons. The maximum atomic E-state index is 12.6. The molecule has 0 unspecified atom stereocenters. The van der Waals surface area contributed by atoms with Gasteiger partial charge >= 0.3 is 5.97 Å². The molecule has 148 valence electrons. The third-order valence-electron chi connectivity index (χ3n) is 4.02. The summed E-state index contributed by atoms with van der Waals surface area (Å²) in [6, 6.07) is 13.1. The lowest BCUT2D eigenvalue weighted by Crippen LogP contribution is -2.13. The highest BCUT2D eigenvalue weighted by Crippen LogP contribution is 2.32. The Hall–Kier alpha value is -3.59. The van der Waals surface area contributed by atoms with E-state index in [1.54, 1.807) is 13.8 Å². The van der Waals surface area contributed by atoms with Crippen molar-refractivity contribution in [1.82, 2.24) is 4.98 Å². The molecule has 2 aromatic carbocycles. The molecule has 3 rings (SSSR count). The van der Waals surface area contributed by atoms with Gasteiger partial charge in [0.2, 0.25) is 0 Å². The number of anilines is 1. The number of carbonyl (C=O) groups is 2. The van der Waals surface area contributed by atoms with E-state index in [0.717, 1.165) is 16.9 Å². The second kappa shape index (κ2) is 8.61. The molecule has 0 aliphatic rings. The normalized spacial score (nSPS) is 10.4. The second-order valence-corrected chi connectivity index (χ2v) is 6.99. The van der Waals surface area contributed by atoms with Gasteiger partial charge in [-0.25, -0.2) is 9.78 Å². The molecule has 0 aliphatic carbocycles. The Kier molecular flexibility index (Phi) is 5.99. The van der Waals surface area contributed by atoms with Crippen molar-refractivity contribution in [1.29, 1.82) is 0 Å². The highest BCUT2D eigenvalue weighted by atomic mass is 32.1. The molecule has 0 fully saturated rings. The molecule has 1 N–H and O–H groups in total. The van der Waals surface area contributed by atoms with Crippen molar-refractivity contribution in [3.8, 4) is 11.3 Å². The standard InChI is InChI=1S/C20H17N3O5S/c1-3-28-19(25)17-16(13-7-5-4-6-8-13)21-20(29-17)22-18(24)15-10-9-14(23(26)27)11-12(15)2/h4-11H,3H2,1-2H3,(H,21,22,24). The van der Waals surface area contributed by atoms with Crippen molar-refractivity contribution in [3.63, 3.8) is 0 Å². The summed E-state index contributed by atoms with van der Waals surface area (Å²) < 4.78 is 5.10. The molecule has 0 aliphatic heterocycles. The Labute approximate surface area is 170 Å². The third kappa shape index (κ3) is 4.46. The number of nitrogens with one attached hydrogen (secondary N) is 1. The van der Waals surface area contributed by atoms with Crippen molar-refractivity contribution in [2.24, 2.45) is 0 Å². The molecule has 0 saturated carbocycles. The van der Waals surface area contributed by atoms with E-state index in [4.69, 9.17) is 4.74 Å². The van der Waals surface area contributed by atoms with Gasteiger partial charge < -0.3 is 4.74 Å². The summed E-state index contributed by atoms with van der Waals surface area (Å²) >= 11 is 1.01. The molecule has 0 spiro atoms. The minimum absolute atomic E-state index is 0.0933. The number of nitrogens with zero attached hydrogens (tertiary/aromatic N) is 2. The number of ether oxygens (including phenoxy) is 1. The van der Waals surface area contributed by atoms with Crippen molar-refractivity contribution in [3.05, 3.63) is 74.6 Å². The van der Waals surface area contributed by atoms with Gasteiger partial charge in [-0.2, -0.15) is 0 Å². The van der Waals surface area contributed by atoms with Gasteiger partial charge in [-0.1, -0.05) is 41.7 Å². The van der Waals surface area contributed by atoms with Crippen LogP contribution in [0.25, 0.3) is 11.3 Å². The van der Waals surface area contributed by atoms with Gasteiger partial charge in [0.05, 0.1) is 17.2 Å². The molecule has 0 saturated heterocycles. The summed E-state index contributed by atoms with van der Waals surface area (Å²) in [4.78, 5) is 40.0. The maximum Gasteiger partial charge on any atom is 0.350 e. The molecule has 1 aromatic heterocycles. The zero-order valence-electron chi connectivity index (χ0n) is 15.7. The van der Waals surface area contributed by atoms with Crippen LogP contribution in [-0.2, 0) is 4.74 Å². The average Bonchev–Trinajstić information content (AvgIpc) is 3.12. The first-order valence-corrected chi connectivity index (χ1v) is 9.52. The van der Waals surface area contributed by atoms with E-state index in [-0.39, 0.29) is 27.9 Å². The highest BCUT2D eigenvalue weighted by Gasteiger charge is 2.22. The Morgan fingerprint density at radius 1 is 1.21 bits per heavy atom. The molecular formula is C20H17N3O5S. The Morgan fingerprint density at radius 3 is 2.55 bits per heavy atom. The summed E-state index contributed by atoms with van der Waals surface area (Å²) in [6.07, 6.45) is 0. The third-order valence-corrected chi connectivity index (χ3v) is 4.97. The molecular weight excluding hydrogens is 394 g/mol. The van der Waals surface area contributed by atoms with Crippen molar-refractivity contribution >= 4 is 34.0 Å². The van der Waals surface area contributed by atoms with Crippen molar-refractivity contribution < 1.29 is 19.2 Å². The van der Waals surface area contributed by atoms with Gasteiger partial charge in [-0.05, 0) is 25.5 Å². The van der Waals surface area contributed by atoms with Crippen molar-refractivity contribution in [2.45, 2.75) is 13.8 Å². The number of non-ortho nitro benzene ring substituents is 1. The Bertz CT molecular complexity index is 1080. The van der Waals surface area contributed by atoms with Crippen LogP contribution in [0.1, 0.15) is 32.5 Å². The minimum Gasteiger partial charge on any atom is -0.462 e. The first kappa shape index (κ1) is 20.2. The van der Waals surface area contributed by atoms with Crippen LogP contribution in [-0.4, -0.2) is 28.4 Å². The maximum absolute atomic E-state index is 12.6. The fourth-order valence-electron chi connectivity index (χ4n) is 2.68. The number of hydrogen-bond acceptors (Lipinski definition) is 7. The predicted octanol–water partition coefficient (Wildman–Crippen LogP) is 4.46. The average molecular weight is 411 g/mol. The number of carbonyl (C=O) groups excluding carboxylic acids is 2. The molecule has 0 atom stereocenters. The smallest absolute Gasteiger partial charge is 0.350 e. The Balaban J connectivity index is 1.92. The lowest BCUT2D eigenvalue weighted by atomic mass is 10.1. The fraction of sp³-hybridized carbons (Fsp3) is 0.150. The van der Waals surface area contributed by atoms with E-state index in [1.165, 1.54) is 18.2 Å². The van der Waals surface area contributed by atoms with E-state index < -0.39 is 16.8 Å². The number of nitro groups is 1. The molecule has 9 heteroatoms. The van der Waals surface area contributed by atoms with E-state index in [9.17, 15) is 19.7 Å². The number of nitro benzene ring substituents is 1. The van der Waals surface area contributed by atoms with Crippen LogP contribution < -0.4 is 5.32 Å². The quantitative estimate of drug-likeness (QED) is 0.364. The topological polar surface area (TPSA) is 111 Å². The van der Waals surface area contributed by atoms with E-state index >= 15 is 0 Å². The minimum atomic E-state index is -0.521. The number of thiazole rings is 1. The predicted molar refractivity (Wildman–Crippen MR) is 109 cm³/mol. The molecule has 1 amide bonds. The first-order valence-electron chi connectivity index (χ1n) is 8.70. The number of aryl methyl sites for hydroxylation is 1.